The zero-order valence-corrected chi connectivity index (χ0v) is 12.3. The Kier molecular flexibility index (Phi) is 3.73. The van der Waals surface area contributed by atoms with Crippen LogP contribution in [0.25, 0.3) is 0 Å². The Morgan fingerprint density at radius 1 is 1.20 bits per heavy atom. The Balaban J connectivity index is 1.80. The molecule has 3 rings (SSSR count). The summed E-state index contributed by atoms with van der Waals surface area (Å²) < 4.78 is 16.3. The molecule has 0 bridgehead atoms. The van der Waals surface area contributed by atoms with Crippen LogP contribution in [0.2, 0.25) is 0 Å². The van der Waals surface area contributed by atoms with Crippen LogP contribution in [-0.4, -0.2) is 24.6 Å². The summed E-state index contributed by atoms with van der Waals surface area (Å²) in [5.41, 5.74) is 1.90. The van der Waals surface area contributed by atoms with Crippen LogP contribution in [0.4, 0.5) is 5.69 Å². The second-order valence-corrected chi connectivity index (χ2v) is 5.33. The lowest BCUT2D eigenvalue weighted by atomic mass is 10.2. The fourth-order valence-corrected chi connectivity index (χ4v) is 2.64. The number of anilines is 1. The van der Waals surface area contributed by atoms with Gasteiger partial charge in [0.1, 0.15) is 24.7 Å². The van der Waals surface area contributed by atoms with E-state index < -0.39 is 0 Å². The van der Waals surface area contributed by atoms with Crippen LogP contribution < -0.4 is 14.8 Å². The molecule has 0 amide bonds. The van der Waals surface area contributed by atoms with Crippen molar-refractivity contribution < 1.29 is 14.0 Å². The van der Waals surface area contributed by atoms with Gasteiger partial charge in [0.25, 0.3) is 0 Å². The molecule has 1 N–H and O–H groups in total. The molecular formula is C14H16N2O3S. The van der Waals surface area contributed by atoms with E-state index in [0.717, 1.165) is 33.5 Å². The van der Waals surface area contributed by atoms with Crippen molar-refractivity contribution in [2.75, 3.05) is 24.8 Å². The first-order valence-electron chi connectivity index (χ1n) is 6.40. The molecule has 1 aromatic heterocycles. The summed E-state index contributed by atoms with van der Waals surface area (Å²) in [4.78, 5) is 1.12. The van der Waals surface area contributed by atoms with Crippen LogP contribution in [0, 0.1) is 6.92 Å². The molecule has 0 saturated heterocycles. The fourth-order valence-electron chi connectivity index (χ4n) is 2.06. The predicted octanol–water partition coefficient (Wildman–Crippen LogP) is 3.09. The first kappa shape index (κ1) is 13.2. The monoisotopic (exact) mass is 292 g/mol. The molecule has 20 heavy (non-hydrogen) atoms. The van der Waals surface area contributed by atoms with Crippen molar-refractivity contribution in [1.29, 1.82) is 0 Å². The van der Waals surface area contributed by atoms with E-state index in [2.05, 4.69) is 10.5 Å². The number of fused-ring (bicyclic) bond motifs is 1. The SMILES string of the molecule is CSc1cc2c(cc1NCc1cc(C)on1)OCCO2. The summed E-state index contributed by atoms with van der Waals surface area (Å²) in [6.45, 7) is 3.69. The van der Waals surface area contributed by atoms with Gasteiger partial charge in [-0.2, -0.15) is 0 Å². The number of aromatic nitrogens is 1. The third kappa shape index (κ3) is 2.70. The number of hydrogen-bond donors (Lipinski definition) is 1. The van der Waals surface area contributed by atoms with E-state index in [0.29, 0.717) is 19.8 Å². The number of thioether (sulfide) groups is 1. The molecule has 2 aromatic rings. The van der Waals surface area contributed by atoms with Crippen molar-refractivity contribution in [3.05, 3.63) is 29.7 Å². The minimum atomic E-state index is 0.591. The van der Waals surface area contributed by atoms with E-state index in [4.69, 9.17) is 14.0 Å². The van der Waals surface area contributed by atoms with E-state index in [1.54, 1.807) is 11.8 Å². The second-order valence-electron chi connectivity index (χ2n) is 4.48. The van der Waals surface area contributed by atoms with E-state index in [1.165, 1.54) is 0 Å². The highest BCUT2D eigenvalue weighted by molar-refractivity contribution is 7.98. The Bertz CT molecular complexity index is 612. The van der Waals surface area contributed by atoms with Gasteiger partial charge in [-0.25, -0.2) is 0 Å². The fraction of sp³-hybridized carbons (Fsp3) is 0.357. The lowest BCUT2D eigenvalue weighted by Gasteiger charge is -2.21. The van der Waals surface area contributed by atoms with Crippen LogP contribution in [0.5, 0.6) is 11.5 Å². The molecule has 0 saturated carbocycles. The summed E-state index contributed by atoms with van der Waals surface area (Å²) in [7, 11) is 0. The molecule has 6 heteroatoms. The van der Waals surface area contributed by atoms with Gasteiger partial charge < -0.3 is 19.3 Å². The molecule has 0 fully saturated rings. The Morgan fingerprint density at radius 2 is 1.95 bits per heavy atom. The minimum absolute atomic E-state index is 0.591. The quantitative estimate of drug-likeness (QED) is 0.874. The van der Waals surface area contributed by atoms with Gasteiger partial charge in [0.15, 0.2) is 11.5 Å². The van der Waals surface area contributed by atoms with Crippen molar-refractivity contribution in [3.8, 4) is 11.5 Å². The highest BCUT2D eigenvalue weighted by Crippen LogP contribution is 2.39. The van der Waals surface area contributed by atoms with Crippen LogP contribution >= 0.6 is 11.8 Å². The molecule has 0 spiro atoms. The van der Waals surface area contributed by atoms with Gasteiger partial charge in [0.2, 0.25) is 0 Å². The van der Waals surface area contributed by atoms with Crippen LogP contribution in [0.3, 0.4) is 0 Å². The second kappa shape index (κ2) is 5.66. The third-order valence-electron chi connectivity index (χ3n) is 3.00. The summed E-state index contributed by atoms with van der Waals surface area (Å²) in [6.07, 6.45) is 2.04. The average molecular weight is 292 g/mol. The van der Waals surface area contributed by atoms with E-state index in [1.807, 2.05) is 31.4 Å². The lowest BCUT2D eigenvalue weighted by molar-refractivity contribution is 0.171. The van der Waals surface area contributed by atoms with Crippen molar-refractivity contribution in [2.24, 2.45) is 0 Å². The average Bonchev–Trinajstić information content (AvgIpc) is 2.89. The zero-order valence-electron chi connectivity index (χ0n) is 11.4. The summed E-state index contributed by atoms with van der Waals surface area (Å²) >= 11 is 1.67. The van der Waals surface area contributed by atoms with Gasteiger partial charge in [-0.3, -0.25) is 0 Å². The number of nitrogens with one attached hydrogen (secondary N) is 1. The van der Waals surface area contributed by atoms with Gasteiger partial charge in [0.05, 0.1) is 12.2 Å². The van der Waals surface area contributed by atoms with Crippen LogP contribution in [0.1, 0.15) is 11.5 Å². The first-order chi connectivity index (χ1) is 9.76. The molecule has 0 atom stereocenters. The lowest BCUT2D eigenvalue weighted by Crippen LogP contribution is -2.15. The molecule has 0 unspecified atom stereocenters. The van der Waals surface area contributed by atoms with E-state index >= 15 is 0 Å². The summed E-state index contributed by atoms with van der Waals surface area (Å²) in [6, 6.07) is 5.91. The highest BCUT2D eigenvalue weighted by Gasteiger charge is 2.15. The normalized spacial score (nSPS) is 13.3. The molecule has 1 aliphatic heterocycles. The number of ether oxygens (including phenoxy) is 2. The maximum atomic E-state index is 5.61. The number of aryl methyl sites for hydroxylation is 1. The van der Waals surface area contributed by atoms with Crippen LogP contribution in [-0.2, 0) is 6.54 Å². The minimum Gasteiger partial charge on any atom is -0.486 e. The smallest absolute Gasteiger partial charge is 0.163 e. The van der Waals surface area contributed by atoms with Gasteiger partial charge in [0, 0.05) is 17.0 Å². The molecule has 5 nitrogen and oxygen atoms in total. The Labute approximate surface area is 121 Å². The zero-order chi connectivity index (χ0) is 13.9. The van der Waals surface area contributed by atoms with Crippen molar-refractivity contribution in [3.63, 3.8) is 0 Å². The van der Waals surface area contributed by atoms with Gasteiger partial charge in [-0.1, -0.05) is 5.16 Å². The molecule has 2 heterocycles. The number of rotatable bonds is 4. The van der Waals surface area contributed by atoms with Crippen LogP contribution in [0.15, 0.2) is 27.6 Å². The predicted molar refractivity (Wildman–Crippen MR) is 77.8 cm³/mol. The third-order valence-corrected chi connectivity index (χ3v) is 3.78. The number of nitrogens with zero attached hydrogens (tertiary/aromatic N) is 1. The highest BCUT2D eigenvalue weighted by atomic mass is 32.2. The Morgan fingerprint density at radius 3 is 2.60 bits per heavy atom. The summed E-state index contributed by atoms with van der Waals surface area (Å²) in [5.74, 6) is 2.41. The molecular weight excluding hydrogens is 276 g/mol. The molecule has 106 valence electrons. The molecule has 1 aromatic carbocycles. The standard InChI is InChI=1S/C14H16N2O3S/c1-9-5-10(16-19-9)8-15-11-6-12-13(7-14(11)20-2)18-4-3-17-12/h5-7,15H,3-4,8H2,1-2H3. The summed E-state index contributed by atoms with van der Waals surface area (Å²) in [5, 5.41) is 7.34. The van der Waals surface area contributed by atoms with Gasteiger partial charge in [-0.05, 0) is 19.2 Å². The van der Waals surface area contributed by atoms with Crippen molar-refractivity contribution in [2.45, 2.75) is 18.4 Å². The van der Waals surface area contributed by atoms with Crippen molar-refractivity contribution >= 4 is 17.4 Å². The Hall–Kier alpha value is -1.82. The first-order valence-corrected chi connectivity index (χ1v) is 7.62. The number of hydrogen-bond acceptors (Lipinski definition) is 6. The maximum Gasteiger partial charge on any atom is 0.163 e. The van der Waals surface area contributed by atoms with Gasteiger partial charge >= 0.3 is 0 Å². The topological polar surface area (TPSA) is 56.5 Å². The van der Waals surface area contributed by atoms with E-state index in [9.17, 15) is 0 Å². The number of benzene rings is 1. The van der Waals surface area contributed by atoms with Gasteiger partial charge in [-0.15, -0.1) is 11.8 Å². The van der Waals surface area contributed by atoms with E-state index in [-0.39, 0.29) is 0 Å². The molecule has 0 aliphatic carbocycles. The molecule has 0 radical (unpaired) electrons. The maximum absolute atomic E-state index is 5.61. The molecule has 1 aliphatic rings. The van der Waals surface area contributed by atoms with Crippen molar-refractivity contribution in [1.82, 2.24) is 5.16 Å². The largest absolute Gasteiger partial charge is 0.486 e.